The monoisotopic (exact) mass is 224 g/mol. The van der Waals surface area contributed by atoms with E-state index in [9.17, 15) is 8.78 Å². The average Bonchev–Trinajstić information content (AvgIpc) is 2.78. The Balaban J connectivity index is 2.37. The predicted octanol–water partition coefficient (Wildman–Crippen LogP) is 2.11. The van der Waals surface area contributed by atoms with E-state index in [0.29, 0.717) is 5.56 Å². The number of hydrazine groups is 1. The number of nitrogens with one attached hydrogen (secondary N) is 1. The summed E-state index contributed by atoms with van der Waals surface area (Å²) in [5.41, 5.74) is 3.79. The van der Waals surface area contributed by atoms with Gasteiger partial charge in [-0.2, -0.15) is 0 Å². The standard InChI is InChI=1S/C11H10F2N2O/c12-9-2-1-7(5-10(9)13)11(15-14)8-3-4-16-6-8/h1-6,11,15H,14H2. The molecule has 3 N–H and O–H groups in total. The van der Waals surface area contributed by atoms with Crippen LogP contribution >= 0.6 is 0 Å². The zero-order chi connectivity index (χ0) is 11.5. The summed E-state index contributed by atoms with van der Waals surface area (Å²) in [6.45, 7) is 0. The van der Waals surface area contributed by atoms with Crippen LogP contribution in [0.4, 0.5) is 8.78 Å². The molecule has 1 aromatic heterocycles. The Kier molecular flexibility index (Phi) is 2.98. The molecule has 0 aliphatic carbocycles. The fourth-order valence-corrected chi connectivity index (χ4v) is 1.52. The summed E-state index contributed by atoms with van der Waals surface area (Å²) in [7, 11) is 0. The van der Waals surface area contributed by atoms with Crippen LogP contribution in [0, 0.1) is 11.6 Å². The summed E-state index contributed by atoms with van der Waals surface area (Å²) >= 11 is 0. The Bertz CT molecular complexity index is 471. The van der Waals surface area contributed by atoms with Crippen LogP contribution < -0.4 is 11.3 Å². The van der Waals surface area contributed by atoms with Crippen molar-refractivity contribution in [1.29, 1.82) is 0 Å². The van der Waals surface area contributed by atoms with Gasteiger partial charge in [0.25, 0.3) is 0 Å². The van der Waals surface area contributed by atoms with E-state index in [1.807, 2.05) is 0 Å². The normalized spacial score (nSPS) is 12.7. The van der Waals surface area contributed by atoms with E-state index in [-0.39, 0.29) is 0 Å². The highest BCUT2D eigenvalue weighted by Crippen LogP contribution is 2.22. The van der Waals surface area contributed by atoms with Gasteiger partial charge in [-0.1, -0.05) is 6.07 Å². The second kappa shape index (κ2) is 4.42. The topological polar surface area (TPSA) is 51.2 Å². The maximum Gasteiger partial charge on any atom is 0.159 e. The van der Waals surface area contributed by atoms with Crippen molar-refractivity contribution in [2.75, 3.05) is 0 Å². The Hall–Kier alpha value is -1.72. The highest BCUT2D eigenvalue weighted by Gasteiger charge is 2.15. The molecule has 0 fully saturated rings. The lowest BCUT2D eigenvalue weighted by Gasteiger charge is -2.14. The van der Waals surface area contributed by atoms with Crippen LogP contribution in [0.25, 0.3) is 0 Å². The number of rotatable bonds is 3. The Labute approximate surface area is 90.8 Å². The number of hydrogen-bond donors (Lipinski definition) is 2. The number of furan rings is 1. The molecule has 0 bridgehead atoms. The molecule has 84 valence electrons. The van der Waals surface area contributed by atoms with Gasteiger partial charge in [-0.3, -0.25) is 5.84 Å². The summed E-state index contributed by atoms with van der Waals surface area (Å²) in [4.78, 5) is 0. The van der Waals surface area contributed by atoms with Gasteiger partial charge in [0.2, 0.25) is 0 Å². The van der Waals surface area contributed by atoms with Crippen molar-refractivity contribution in [2.24, 2.45) is 5.84 Å². The second-order valence-corrected chi connectivity index (χ2v) is 3.33. The molecular weight excluding hydrogens is 214 g/mol. The Morgan fingerprint density at radius 2 is 1.94 bits per heavy atom. The first kappa shape index (κ1) is 10.8. The van der Waals surface area contributed by atoms with E-state index in [2.05, 4.69) is 5.43 Å². The fourth-order valence-electron chi connectivity index (χ4n) is 1.52. The van der Waals surface area contributed by atoms with E-state index in [0.717, 1.165) is 17.7 Å². The van der Waals surface area contributed by atoms with Gasteiger partial charge in [-0.15, -0.1) is 0 Å². The molecule has 0 saturated heterocycles. The zero-order valence-corrected chi connectivity index (χ0v) is 8.28. The first-order chi connectivity index (χ1) is 7.72. The Morgan fingerprint density at radius 3 is 2.50 bits per heavy atom. The molecule has 0 saturated carbocycles. The molecule has 0 aliphatic heterocycles. The van der Waals surface area contributed by atoms with Crippen molar-refractivity contribution in [3.05, 3.63) is 59.6 Å². The number of benzene rings is 1. The molecule has 3 nitrogen and oxygen atoms in total. The molecule has 5 heteroatoms. The van der Waals surface area contributed by atoms with Gasteiger partial charge in [0.05, 0.1) is 18.6 Å². The molecule has 0 radical (unpaired) electrons. The molecule has 16 heavy (non-hydrogen) atoms. The molecule has 1 unspecified atom stereocenters. The van der Waals surface area contributed by atoms with Crippen LogP contribution in [-0.4, -0.2) is 0 Å². The van der Waals surface area contributed by atoms with Gasteiger partial charge < -0.3 is 4.42 Å². The predicted molar refractivity (Wildman–Crippen MR) is 54.2 cm³/mol. The largest absolute Gasteiger partial charge is 0.472 e. The molecular formula is C11H10F2N2O. The summed E-state index contributed by atoms with van der Waals surface area (Å²) in [5, 5.41) is 0. The quantitative estimate of drug-likeness (QED) is 0.620. The van der Waals surface area contributed by atoms with Crippen LogP contribution in [0.3, 0.4) is 0 Å². The van der Waals surface area contributed by atoms with Gasteiger partial charge in [-0.05, 0) is 23.8 Å². The third-order valence-electron chi connectivity index (χ3n) is 2.32. The molecule has 1 heterocycles. The maximum absolute atomic E-state index is 13.1. The summed E-state index contributed by atoms with van der Waals surface area (Å²) in [6, 6.07) is 4.91. The maximum atomic E-state index is 13.1. The first-order valence-electron chi connectivity index (χ1n) is 4.65. The molecule has 0 spiro atoms. The minimum absolute atomic E-state index is 0.422. The molecule has 0 aliphatic rings. The van der Waals surface area contributed by atoms with Crippen molar-refractivity contribution in [1.82, 2.24) is 5.43 Å². The molecule has 2 aromatic rings. The van der Waals surface area contributed by atoms with Gasteiger partial charge in [0.15, 0.2) is 11.6 Å². The van der Waals surface area contributed by atoms with Crippen LogP contribution in [-0.2, 0) is 0 Å². The van der Waals surface area contributed by atoms with Gasteiger partial charge in [0.1, 0.15) is 0 Å². The van der Waals surface area contributed by atoms with E-state index >= 15 is 0 Å². The van der Waals surface area contributed by atoms with Gasteiger partial charge in [0, 0.05) is 5.56 Å². The lowest BCUT2D eigenvalue weighted by Crippen LogP contribution is -2.28. The van der Waals surface area contributed by atoms with Crippen LogP contribution in [0.2, 0.25) is 0 Å². The molecule has 1 atom stereocenters. The van der Waals surface area contributed by atoms with Crippen LogP contribution in [0.1, 0.15) is 17.2 Å². The van der Waals surface area contributed by atoms with E-state index in [1.165, 1.54) is 18.6 Å². The number of hydrogen-bond acceptors (Lipinski definition) is 3. The minimum Gasteiger partial charge on any atom is -0.472 e. The minimum atomic E-state index is -0.902. The van der Waals surface area contributed by atoms with E-state index in [4.69, 9.17) is 10.3 Å². The van der Waals surface area contributed by atoms with E-state index < -0.39 is 17.7 Å². The SMILES string of the molecule is NNC(c1ccoc1)c1ccc(F)c(F)c1. The summed E-state index contributed by atoms with van der Waals surface area (Å²) in [6.07, 6.45) is 2.98. The summed E-state index contributed by atoms with van der Waals surface area (Å²) < 4.78 is 30.7. The zero-order valence-electron chi connectivity index (χ0n) is 8.28. The average molecular weight is 224 g/mol. The third kappa shape index (κ3) is 1.95. The third-order valence-corrected chi connectivity index (χ3v) is 2.32. The second-order valence-electron chi connectivity index (χ2n) is 3.33. The van der Waals surface area contributed by atoms with Crippen LogP contribution in [0.5, 0.6) is 0 Å². The van der Waals surface area contributed by atoms with Crippen molar-refractivity contribution in [3.8, 4) is 0 Å². The van der Waals surface area contributed by atoms with Crippen molar-refractivity contribution in [2.45, 2.75) is 6.04 Å². The smallest absolute Gasteiger partial charge is 0.159 e. The Morgan fingerprint density at radius 1 is 1.12 bits per heavy atom. The van der Waals surface area contributed by atoms with Crippen molar-refractivity contribution in [3.63, 3.8) is 0 Å². The molecule has 2 rings (SSSR count). The van der Waals surface area contributed by atoms with Crippen LogP contribution in [0.15, 0.2) is 41.2 Å². The van der Waals surface area contributed by atoms with Gasteiger partial charge in [-0.25, -0.2) is 14.2 Å². The van der Waals surface area contributed by atoms with Crippen molar-refractivity contribution >= 4 is 0 Å². The first-order valence-corrected chi connectivity index (χ1v) is 4.65. The number of halogens is 2. The molecule has 0 amide bonds. The van der Waals surface area contributed by atoms with Gasteiger partial charge >= 0.3 is 0 Å². The fraction of sp³-hybridized carbons (Fsp3) is 0.0909. The van der Waals surface area contributed by atoms with Crippen molar-refractivity contribution < 1.29 is 13.2 Å². The summed E-state index contributed by atoms with van der Waals surface area (Å²) in [5.74, 6) is 3.59. The lowest BCUT2D eigenvalue weighted by atomic mass is 10.0. The lowest BCUT2D eigenvalue weighted by molar-refractivity contribution is 0.503. The molecule has 1 aromatic carbocycles. The highest BCUT2D eigenvalue weighted by molar-refractivity contribution is 5.30. The van der Waals surface area contributed by atoms with E-state index in [1.54, 1.807) is 6.07 Å². The highest BCUT2D eigenvalue weighted by atomic mass is 19.2. The number of nitrogens with two attached hydrogens (primary N) is 1.